The first kappa shape index (κ1) is 27.4. The monoisotopic (exact) mass is 495 g/mol. The molecule has 0 atom stereocenters. The third-order valence-corrected chi connectivity index (χ3v) is 5.20. The lowest BCUT2D eigenvalue weighted by Gasteiger charge is -2.35. The molecule has 31 heavy (non-hydrogen) atoms. The maximum atomic E-state index is 12.6. The Morgan fingerprint density at radius 3 is 2.29 bits per heavy atom. The van der Waals surface area contributed by atoms with Crippen LogP contribution in [0.1, 0.15) is 18.1 Å². The number of halogens is 5. The predicted molar refractivity (Wildman–Crippen MR) is 125 cm³/mol. The Bertz CT molecular complexity index is 959. The van der Waals surface area contributed by atoms with E-state index in [2.05, 4.69) is 34.6 Å². The molecule has 11 heteroatoms. The first-order valence-electron chi connectivity index (χ1n) is 9.43. The van der Waals surface area contributed by atoms with E-state index in [0.717, 1.165) is 44.4 Å². The van der Waals surface area contributed by atoms with Gasteiger partial charge < -0.3 is 9.80 Å². The minimum Gasteiger partial charge on any atom is -0.369 e. The number of pyridine rings is 1. The Labute approximate surface area is 197 Å². The molecule has 4 rings (SSSR count). The van der Waals surface area contributed by atoms with Crippen LogP contribution in [0.4, 0.5) is 18.9 Å². The number of thiol groups is 1. The highest BCUT2D eigenvalue weighted by Gasteiger charge is 2.31. The SMILES string of the molecule is CCN1CCN(c2cccc(C(F)(F)F)c2)CC1.Cc1ccc2nnc(S)n2c1.Cl.Cl. The Morgan fingerprint density at radius 1 is 1.00 bits per heavy atom. The maximum Gasteiger partial charge on any atom is 0.416 e. The van der Waals surface area contributed by atoms with E-state index in [9.17, 15) is 13.2 Å². The lowest BCUT2D eigenvalue weighted by atomic mass is 10.1. The third-order valence-electron chi connectivity index (χ3n) is 4.89. The summed E-state index contributed by atoms with van der Waals surface area (Å²) in [7, 11) is 0. The van der Waals surface area contributed by atoms with Crippen LogP contribution in [0.25, 0.3) is 5.65 Å². The summed E-state index contributed by atoms with van der Waals surface area (Å²) in [6.45, 7) is 8.51. The van der Waals surface area contributed by atoms with Gasteiger partial charge in [0.15, 0.2) is 10.8 Å². The quantitative estimate of drug-likeness (QED) is 0.506. The summed E-state index contributed by atoms with van der Waals surface area (Å²) in [5.41, 5.74) is 2.10. The summed E-state index contributed by atoms with van der Waals surface area (Å²) in [5, 5.41) is 8.34. The average molecular weight is 496 g/mol. The second-order valence-corrected chi connectivity index (χ2v) is 7.30. The molecule has 0 spiro atoms. The van der Waals surface area contributed by atoms with E-state index in [1.165, 1.54) is 17.7 Å². The molecule has 1 fully saturated rings. The van der Waals surface area contributed by atoms with Gasteiger partial charge >= 0.3 is 6.18 Å². The molecule has 0 bridgehead atoms. The Kier molecular flexibility index (Phi) is 10.4. The molecule has 1 aliphatic heterocycles. The molecule has 1 aromatic carbocycles. The van der Waals surface area contributed by atoms with Crippen LogP contribution in [0.3, 0.4) is 0 Å². The zero-order chi connectivity index (χ0) is 21.0. The molecule has 0 radical (unpaired) electrons. The smallest absolute Gasteiger partial charge is 0.369 e. The van der Waals surface area contributed by atoms with Crippen LogP contribution in [0.15, 0.2) is 47.8 Å². The molecule has 0 N–H and O–H groups in total. The van der Waals surface area contributed by atoms with Crippen LogP contribution >= 0.6 is 37.4 Å². The lowest BCUT2D eigenvalue weighted by Crippen LogP contribution is -2.46. The van der Waals surface area contributed by atoms with Gasteiger partial charge in [0, 0.05) is 38.1 Å². The number of rotatable bonds is 2. The second kappa shape index (κ2) is 11.8. The zero-order valence-corrected chi connectivity index (χ0v) is 19.7. The van der Waals surface area contributed by atoms with Crippen LogP contribution in [-0.4, -0.2) is 52.2 Å². The number of alkyl halides is 3. The van der Waals surface area contributed by atoms with Crippen molar-refractivity contribution in [3.05, 3.63) is 53.7 Å². The fraction of sp³-hybridized carbons (Fsp3) is 0.400. The molecule has 5 nitrogen and oxygen atoms in total. The molecule has 3 aromatic rings. The number of piperazine rings is 1. The van der Waals surface area contributed by atoms with E-state index in [1.54, 1.807) is 6.07 Å². The summed E-state index contributed by atoms with van der Waals surface area (Å²) < 4.78 is 39.7. The topological polar surface area (TPSA) is 36.7 Å². The molecular weight excluding hydrogens is 470 g/mol. The van der Waals surface area contributed by atoms with Crippen LogP contribution in [-0.2, 0) is 6.18 Å². The first-order chi connectivity index (χ1) is 13.8. The molecule has 0 saturated carbocycles. The number of anilines is 1. The summed E-state index contributed by atoms with van der Waals surface area (Å²) >= 11 is 4.14. The molecule has 0 unspecified atom stereocenters. The number of nitrogens with zero attached hydrogens (tertiary/aromatic N) is 5. The molecule has 172 valence electrons. The van der Waals surface area contributed by atoms with Gasteiger partial charge in [-0.1, -0.05) is 19.1 Å². The number of benzene rings is 1. The van der Waals surface area contributed by atoms with Crippen molar-refractivity contribution in [2.45, 2.75) is 25.2 Å². The van der Waals surface area contributed by atoms with Crippen LogP contribution < -0.4 is 4.90 Å². The van der Waals surface area contributed by atoms with Crippen LogP contribution in [0.5, 0.6) is 0 Å². The summed E-state index contributed by atoms with van der Waals surface area (Å²) in [6.07, 6.45) is -2.31. The zero-order valence-electron chi connectivity index (χ0n) is 17.2. The van der Waals surface area contributed by atoms with Crippen molar-refractivity contribution in [2.24, 2.45) is 0 Å². The minimum atomic E-state index is -4.26. The number of aryl methyl sites for hydroxylation is 1. The largest absolute Gasteiger partial charge is 0.416 e. The van der Waals surface area contributed by atoms with E-state index < -0.39 is 11.7 Å². The number of hydrogen-bond donors (Lipinski definition) is 1. The van der Waals surface area contributed by atoms with Gasteiger partial charge in [-0.05, 0) is 43.3 Å². The fourth-order valence-electron chi connectivity index (χ4n) is 3.19. The summed E-state index contributed by atoms with van der Waals surface area (Å²) in [4.78, 5) is 4.31. The minimum absolute atomic E-state index is 0. The van der Waals surface area contributed by atoms with Gasteiger partial charge in [-0.2, -0.15) is 13.2 Å². The van der Waals surface area contributed by atoms with E-state index in [4.69, 9.17) is 0 Å². The van der Waals surface area contributed by atoms with Crippen LogP contribution in [0.2, 0.25) is 0 Å². The molecule has 3 heterocycles. The highest BCUT2D eigenvalue weighted by molar-refractivity contribution is 7.80. The molecule has 1 saturated heterocycles. The third kappa shape index (κ3) is 7.17. The highest BCUT2D eigenvalue weighted by Crippen LogP contribution is 2.31. The molecule has 0 aliphatic carbocycles. The van der Waals surface area contributed by atoms with Gasteiger partial charge in [0.2, 0.25) is 0 Å². The van der Waals surface area contributed by atoms with Crippen molar-refractivity contribution in [3.8, 4) is 0 Å². The van der Waals surface area contributed by atoms with Crippen LogP contribution in [0, 0.1) is 6.92 Å². The van der Waals surface area contributed by atoms with Gasteiger partial charge in [0.1, 0.15) is 0 Å². The molecular formula is C20H26Cl2F3N5S. The highest BCUT2D eigenvalue weighted by atomic mass is 35.5. The van der Waals surface area contributed by atoms with E-state index >= 15 is 0 Å². The number of fused-ring (bicyclic) bond motifs is 1. The van der Waals surface area contributed by atoms with Crippen molar-refractivity contribution in [1.82, 2.24) is 19.5 Å². The average Bonchev–Trinajstić information content (AvgIpc) is 3.08. The number of likely N-dealkylation sites (N-methyl/N-ethyl adjacent to an activating group) is 1. The predicted octanol–water partition coefficient (Wildman–Crippen LogP) is 5.02. The maximum absolute atomic E-state index is 12.6. The number of aromatic nitrogens is 3. The van der Waals surface area contributed by atoms with Crippen molar-refractivity contribution in [2.75, 3.05) is 37.6 Å². The molecule has 2 aromatic heterocycles. The van der Waals surface area contributed by atoms with Gasteiger partial charge in [0.25, 0.3) is 0 Å². The van der Waals surface area contributed by atoms with Crippen molar-refractivity contribution >= 4 is 48.8 Å². The first-order valence-corrected chi connectivity index (χ1v) is 9.87. The van der Waals surface area contributed by atoms with Gasteiger partial charge in [-0.15, -0.1) is 47.6 Å². The molecule has 0 amide bonds. The van der Waals surface area contributed by atoms with Gasteiger partial charge in [-0.3, -0.25) is 4.40 Å². The molecule has 1 aliphatic rings. The summed E-state index contributed by atoms with van der Waals surface area (Å²) in [6, 6.07) is 9.49. The standard InChI is InChI=1S/C13H17F3N2.C7H7N3S.2ClH/c1-2-17-6-8-18(9-7-17)12-5-3-4-11(10-12)13(14,15)16;1-5-2-3-6-8-9-7(11)10(6)4-5;;/h3-5,10H,2,6-9H2,1H3;2-4H,1H3,(H,9,11);2*1H. The van der Waals surface area contributed by atoms with Gasteiger partial charge in [-0.25, -0.2) is 0 Å². The number of hydrogen-bond acceptors (Lipinski definition) is 5. The second-order valence-electron chi connectivity index (χ2n) is 6.90. The normalized spacial score (nSPS) is 14.3. The summed E-state index contributed by atoms with van der Waals surface area (Å²) in [5.74, 6) is 0. The van der Waals surface area contributed by atoms with E-state index in [-0.39, 0.29) is 24.8 Å². The van der Waals surface area contributed by atoms with Crippen molar-refractivity contribution < 1.29 is 13.2 Å². The Balaban J connectivity index is 0.000000320. The fourth-order valence-corrected chi connectivity index (χ4v) is 3.39. The van der Waals surface area contributed by atoms with E-state index in [0.29, 0.717) is 10.8 Å². The Hall–Kier alpha value is -1.68. The van der Waals surface area contributed by atoms with Gasteiger partial charge in [0.05, 0.1) is 5.56 Å². The van der Waals surface area contributed by atoms with E-state index in [1.807, 2.05) is 34.6 Å². The van der Waals surface area contributed by atoms with Crippen molar-refractivity contribution in [1.29, 1.82) is 0 Å². The Morgan fingerprint density at radius 2 is 1.68 bits per heavy atom. The van der Waals surface area contributed by atoms with Crippen molar-refractivity contribution in [3.63, 3.8) is 0 Å². The lowest BCUT2D eigenvalue weighted by molar-refractivity contribution is -0.137.